The Morgan fingerprint density at radius 3 is 2.61 bits per heavy atom. The van der Waals surface area contributed by atoms with Gasteiger partial charge in [0.1, 0.15) is 18.2 Å². The summed E-state index contributed by atoms with van der Waals surface area (Å²) in [6.45, 7) is -0.536. The van der Waals surface area contributed by atoms with Crippen LogP contribution in [0.3, 0.4) is 0 Å². The number of carbonyl (C=O) groups excluding carboxylic acids is 1. The lowest BCUT2D eigenvalue weighted by Crippen LogP contribution is -2.29. The molecule has 0 fully saturated rings. The fourth-order valence-corrected chi connectivity index (χ4v) is 2.30. The highest BCUT2D eigenvalue weighted by atomic mass is 35.5. The van der Waals surface area contributed by atoms with E-state index in [2.05, 4.69) is 5.48 Å². The third-order valence-corrected chi connectivity index (χ3v) is 3.60. The SMILES string of the molecule is O=C(COc1ccc(Cl)cc1Cl)NOCc1c(F)cccc1Cl. The molecule has 0 saturated carbocycles. The Morgan fingerprint density at radius 1 is 1.13 bits per heavy atom. The lowest BCUT2D eigenvalue weighted by Gasteiger charge is -2.10. The maximum absolute atomic E-state index is 13.5. The van der Waals surface area contributed by atoms with Crippen LogP contribution in [-0.2, 0) is 16.2 Å². The van der Waals surface area contributed by atoms with Crippen LogP contribution in [0.15, 0.2) is 36.4 Å². The summed E-state index contributed by atoms with van der Waals surface area (Å²) >= 11 is 17.5. The molecule has 0 saturated heterocycles. The van der Waals surface area contributed by atoms with E-state index in [9.17, 15) is 9.18 Å². The van der Waals surface area contributed by atoms with Crippen molar-refractivity contribution in [2.45, 2.75) is 6.61 Å². The summed E-state index contributed by atoms with van der Waals surface area (Å²) in [5, 5.41) is 0.949. The van der Waals surface area contributed by atoms with Crippen molar-refractivity contribution in [1.29, 1.82) is 0 Å². The molecule has 0 aliphatic heterocycles. The molecule has 2 aromatic rings. The molecule has 122 valence electrons. The van der Waals surface area contributed by atoms with E-state index in [0.29, 0.717) is 10.8 Å². The Kier molecular flexibility index (Phi) is 6.47. The molecule has 0 aliphatic rings. The second kappa shape index (κ2) is 8.36. The Balaban J connectivity index is 1.79. The number of hydrogen-bond donors (Lipinski definition) is 1. The van der Waals surface area contributed by atoms with Crippen molar-refractivity contribution in [2.24, 2.45) is 0 Å². The van der Waals surface area contributed by atoms with Crippen molar-refractivity contribution in [3.05, 3.63) is 62.8 Å². The average molecular weight is 379 g/mol. The second-order valence-corrected chi connectivity index (χ2v) is 5.63. The van der Waals surface area contributed by atoms with Gasteiger partial charge in [-0.15, -0.1) is 0 Å². The van der Waals surface area contributed by atoms with Crippen LogP contribution in [0.4, 0.5) is 4.39 Å². The summed E-state index contributed by atoms with van der Waals surface area (Å²) in [7, 11) is 0. The first-order valence-electron chi connectivity index (χ1n) is 6.38. The standard InChI is InChI=1S/C15H11Cl3FNO3/c16-9-4-5-14(12(18)6-9)22-8-15(21)20-23-7-10-11(17)2-1-3-13(10)19/h1-6H,7-8H2,(H,20,21). The lowest BCUT2D eigenvalue weighted by molar-refractivity contribution is -0.136. The zero-order valence-electron chi connectivity index (χ0n) is 11.6. The van der Waals surface area contributed by atoms with E-state index in [1.54, 1.807) is 6.07 Å². The molecule has 0 radical (unpaired) electrons. The molecular formula is C15H11Cl3FNO3. The molecule has 0 aromatic heterocycles. The van der Waals surface area contributed by atoms with E-state index in [4.69, 9.17) is 44.4 Å². The third kappa shape index (κ3) is 5.25. The van der Waals surface area contributed by atoms with Crippen LogP contribution in [0.25, 0.3) is 0 Å². The third-order valence-electron chi connectivity index (χ3n) is 2.72. The van der Waals surface area contributed by atoms with Gasteiger partial charge in [-0.25, -0.2) is 9.87 Å². The van der Waals surface area contributed by atoms with E-state index in [0.717, 1.165) is 0 Å². The van der Waals surface area contributed by atoms with Crippen LogP contribution in [0.2, 0.25) is 15.1 Å². The van der Waals surface area contributed by atoms with Crippen molar-refractivity contribution in [2.75, 3.05) is 6.61 Å². The zero-order chi connectivity index (χ0) is 16.8. The first-order chi connectivity index (χ1) is 11.0. The summed E-state index contributed by atoms with van der Waals surface area (Å²) in [5.41, 5.74) is 2.28. The van der Waals surface area contributed by atoms with Crippen LogP contribution in [0.5, 0.6) is 5.75 Å². The number of hydrogen-bond acceptors (Lipinski definition) is 3. The Labute approximate surface area is 147 Å². The molecule has 0 atom stereocenters. The molecule has 23 heavy (non-hydrogen) atoms. The van der Waals surface area contributed by atoms with E-state index >= 15 is 0 Å². The number of hydroxylamine groups is 1. The van der Waals surface area contributed by atoms with Crippen LogP contribution in [0.1, 0.15) is 5.56 Å². The summed E-state index contributed by atoms with van der Waals surface area (Å²) in [5.74, 6) is -0.775. The molecule has 1 N–H and O–H groups in total. The first-order valence-corrected chi connectivity index (χ1v) is 7.52. The van der Waals surface area contributed by atoms with Crippen LogP contribution >= 0.6 is 34.8 Å². The highest BCUT2D eigenvalue weighted by Gasteiger charge is 2.09. The summed E-state index contributed by atoms with van der Waals surface area (Å²) < 4.78 is 18.7. The van der Waals surface area contributed by atoms with Gasteiger partial charge >= 0.3 is 0 Å². The summed E-state index contributed by atoms with van der Waals surface area (Å²) in [6.07, 6.45) is 0. The quantitative estimate of drug-likeness (QED) is 0.757. The van der Waals surface area contributed by atoms with Crippen molar-refractivity contribution < 1.29 is 18.8 Å². The van der Waals surface area contributed by atoms with Crippen molar-refractivity contribution in [3.8, 4) is 5.75 Å². The highest BCUT2D eigenvalue weighted by molar-refractivity contribution is 6.35. The fraction of sp³-hybridized carbons (Fsp3) is 0.133. The van der Waals surface area contributed by atoms with Gasteiger partial charge in [0.05, 0.1) is 5.02 Å². The fourth-order valence-electron chi connectivity index (χ4n) is 1.62. The van der Waals surface area contributed by atoms with Crippen LogP contribution < -0.4 is 10.2 Å². The number of nitrogens with one attached hydrogen (secondary N) is 1. The molecule has 0 heterocycles. The molecule has 1 amide bonds. The monoisotopic (exact) mass is 377 g/mol. The minimum atomic E-state index is -0.566. The van der Waals surface area contributed by atoms with E-state index < -0.39 is 11.7 Å². The Morgan fingerprint density at radius 2 is 1.91 bits per heavy atom. The molecule has 4 nitrogen and oxygen atoms in total. The predicted molar refractivity (Wildman–Crippen MR) is 86.3 cm³/mol. The maximum Gasteiger partial charge on any atom is 0.281 e. The van der Waals surface area contributed by atoms with Crippen molar-refractivity contribution in [1.82, 2.24) is 5.48 Å². The molecule has 0 unspecified atom stereocenters. The number of halogens is 4. The van der Waals surface area contributed by atoms with Crippen LogP contribution in [-0.4, -0.2) is 12.5 Å². The topological polar surface area (TPSA) is 47.6 Å². The van der Waals surface area contributed by atoms with Gasteiger partial charge < -0.3 is 4.74 Å². The second-order valence-electron chi connectivity index (χ2n) is 4.38. The van der Waals surface area contributed by atoms with Crippen molar-refractivity contribution in [3.63, 3.8) is 0 Å². The minimum Gasteiger partial charge on any atom is -0.482 e. The number of amides is 1. The largest absolute Gasteiger partial charge is 0.482 e. The number of ether oxygens (including phenoxy) is 1. The predicted octanol–water partition coefficient (Wildman–Crippen LogP) is 4.41. The smallest absolute Gasteiger partial charge is 0.281 e. The molecule has 0 aliphatic carbocycles. The zero-order valence-corrected chi connectivity index (χ0v) is 13.9. The number of rotatable bonds is 6. The minimum absolute atomic E-state index is 0.149. The van der Waals surface area contributed by atoms with Gasteiger partial charge in [-0.2, -0.15) is 0 Å². The van der Waals surface area contributed by atoms with Gasteiger partial charge in [0, 0.05) is 15.6 Å². The normalized spacial score (nSPS) is 10.4. The maximum atomic E-state index is 13.5. The van der Waals surface area contributed by atoms with Gasteiger partial charge in [0.15, 0.2) is 6.61 Å². The van der Waals surface area contributed by atoms with Gasteiger partial charge in [0.2, 0.25) is 0 Å². The average Bonchev–Trinajstić information content (AvgIpc) is 2.49. The molecule has 0 spiro atoms. The Hall–Kier alpha value is -1.53. The van der Waals surface area contributed by atoms with Crippen LogP contribution in [0, 0.1) is 5.82 Å². The van der Waals surface area contributed by atoms with Gasteiger partial charge in [-0.1, -0.05) is 40.9 Å². The molecule has 0 bridgehead atoms. The molecule has 2 aromatic carbocycles. The van der Waals surface area contributed by atoms with Gasteiger partial charge in [0.25, 0.3) is 5.91 Å². The van der Waals surface area contributed by atoms with E-state index in [1.165, 1.54) is 30.3 Å². The summed E-state index contributed by atoms with van der Waals surface area (Å²) in [4.78, 5) is 16.5. The molecule has 2 rings (SSSR count). The highest BCUT2D eigenvalue weighted by Crippen LogP contribution is 2.27. The number of benzene rings is 2. The van der Waals surface area contributed by atoms with Gasteiger partial charge in [-0.3, -0.25) is 9.63 Å². The number of carbonyl (C=O) groups is 1. The lowest BCUT2D eigenvalue weighted by atomic mass is 10.2. The van der Waals surface area contributed by atoms with E-state index in [-0.39, 0.29) is 28.8 Å². The van der Waals surface area contributed by atoms with Crippen molar-refractivity contribution >= 4 is 40.7 Å². The van der Waals surface area contributed by atoms with E-state index in [1.807, 2.05) is 0 Å². The van der Waals surface area contributed by atoms with Gasteiger partial charge in [-0.05, 0) is 30.3 Å². The molecular weight excluding hydrogens is 368 g/mol. The first kappa shape index (κ1) is 17.8. The molecule has 8 heteroatoms. The summed E-state index contributed by atoms with van der Waals surface area (Å²) in [6, 6.07) is 8.86. The Bertz CT molecular complexity index is 692.